The van der Waals surface area contributed by atoms with Crippen LogP contribution >= 0.6 is 0 Å². The summed E-state index contributed by atoms with van der Waals surface area (Å²) in [5, 5.41) is 0. The molecule has 2 aromatic rings. The van der Waals surface area contributed by atoms with Gasteiger partial charge in [-0.1, -0.05) is 0 Å². The molecule has 1 heterocycles. The molecule has 0 unspecified atom stereocenters. The first-order chi connectivity index (χ1) is 6.70. The van der Waals surface area contributed by atoms with Crippen LogP contribution in [0.1, 0.15) is 28.0 Å². The molecule has 0 amide bonds. The predicted octanol–water partition coefficient (Wildman–Crippen LogP) is 1.84. The lowest BCUT2D eigenvalue weighted by molar-refractivity contribution is 0.101. The van der Waals surface area contributed by atoms with Crippen molar-refractivity contribution in [2.24, 2.45) is 0 Å². The van der Waals surface area contributed by atoms with E-state index >= 15 is 0 Å². The Kier molecular flexibility index (Phi) is 1.89. The number of nitrogens with zero attached hydrogens (tertiary/aromatic N) is 1. The van der Waals surface area contributed by atoms with Gasteiger partial charge in [0, 0.05) is 5.56 Å². The van der Waals surface area contributed by atoms with Crippen LogP contribution in [0.15, 0.2) is 22.6 Å². The number of oxazole rings is 1. The summed E-state index contributed by atoms with van der Waals surface area (Å²) in [6.45, 7) is 1.47. The highest BCUT2D eigenvalue weighted by molar-refractivity contribution is 5.97. The van der Waals surface area contributed by atoms with Crippen LogP contribution in [0, 0.1) is 0 Å². The summed E-state index contributed by atoms with van der Waals surface area (Å²) in [4.78, 5) is 25.3. The van der Waals surface area contributed by atoms with E-state index in [0.717, 1.165) is 0 Å². The highest BCUT2D eigenvalue weighted by Gasteiger charge is 2.06. The molecule has 2 rings (SSSR count). The predicted molar refractivity (Wildman–Crippen MR) is 49.4 cm³/mol. The molecule has 70 valence electrons. The number of hydrogen-bond acceptors (Lipinski definition) is 4. The van der Waals surface area contributed by atoms with Crippen molar-refractivity contribution in [2.75, 3.05) is 0 Å². The second-order valence-corrected chi connectivity index (χ2v) is 2.91. The van der Waals surface area contributed by atoms with Gasteiger partial charge in [-0.3, -0.25) is 9.59 Å². The lowest BCUT2D eigenvalue weighted by Gasteiger charge is -1.92. The van der Waals surface area contributed by atoms with E-state index in [0.29, 0.717) is 22.9 Å². The Morgan fingerprint density at radius 1 is 1.50 bits per heavy atom. The van der Waals surface area contributed by atoms with E-state index in [-0.39, 0.29) is 11.7 Å². The zero-order valence-electron chi connectivity index (χ0n) is 7.48. The Labute approximate surface area is 79.5 Å². The van der Waals surface area contributed by atoms with Gasteiger partial charge < -0.3 is 4.42 Å². The van der Waals surface area contributed by atoms with Crippen LogP contribution in [0.5, 0.6) is 0 Å². The quantitative estimate of drug-likeness (QED) is 0.534. The molecule has 4 nitrogen and oxygen atoms in total. The number of carbonyl (C=O) groups excluding carboxylic acids is 2. The maximum atomic E-state index is 11.0. The van der Waals surface area contributed by atoms with Crippen molar-refractivity contribution in [3.8, 4) is 0 Å². The molecule has 0 aliphatic heterocycles. The summed E-state index contributed by atoms with van der Waals surface area (Å²) in [6, 6.07) is 4.88. The van der Waals surface area contributed by atoms with Crippen LogP contribution in [-0.4, -0.2) is 17.1 Å². The standard InChI is InChI=1S/C10H7NO3/c1-6(13)7-2-3-9-8(4-7)11-10(5-12)14-9/h2-5H,1H3. The number of ketones is 1. The topological polar surface area (TPSA) is 60.2 Å². The van der Waals surface area contributed by atoms with E-state index in [1.54, 1.807) is 18.2 Å². The van der Waals surface area contributed by atoms with E-state index in [1.807, 2.05) is 0 Å². The number of rotatable bonds is 2. The van der Waals surface area contributed by atoms with Crippen LogP contribution in [0.25, 0.3) is 11.1 Å². The average molecular weight is 189 g/mol. The van der Waals surface area contributed by atoms with Crippen LogP contribution in [0.2, 0.25) is 0 Å². The van der Waals surface area contributed by atoms with Crippen LogP contribution in [-0.2, 0) is 0 Å². The summed E-state index contributed by atoms with van der Waals surface area (Å²) in [7, 11) is 0. The molecule has 14 heavy (non-hydrogen) atoms. The van der Waals surface area contributed by atoms with Crippen molar-refractivity contribution in [1.29, 1.82) is 0 Å². The van der Waals surface area contributed by atoms with Gasteiger partial charge in [-0.25, -0.2) is 4.98 Å². The van der Waals surface area contributed by atoms with Gasteiger partial charge in [-0.15, -0.1) is 0 Å². The lowest BCUT2D eigenvalue weighted by Crippen LogP contribution is -1.90. The van der Waals surface area contributed by atoms with E-state index in [1.165, 1.54) is 6.92 Å². The van der Waals surface area contributed by atoms with Gasteiger partial charge in [0.25, 0.3) is 5.89 Å². The van der Waals surface area contributed by atoms with Crippen LogP contribution in [0.4, 0.5) is 0 Å². The van der Waals surface area contributed by atoms with Crippen molar-refractivity contribution >= 4 is 23.2 Å². The minimum absolute atomic E-state index is 0.0284. The fourth-order valence-electron chi connectivity index (χ4n) is 1.21. The van der Waals surface area contributed by atoms with Gasteiger partial charge in [0.1, 0.15) is 5.52 Å². The van der Waals surface area contributed by atoms with Gasteiger partial charge in [0.05, 0.1) is 0 Å². The second kappa shape index (κ2) is 3.06. The zero-order valence-corrected chi connectivity index (χ0v) is 7.48. The number of Topliss-reactive ketones (excluding diaryl/α,β-unsaturated/α-hetero) is 1. The maximum absolute atomic E-state index is 11.0. The number of fused-ring (bicyclic) bond motifs is 1. The average Bonchev–Trinajstić information content (AvgIpc) is 2.58. The Bertz CT molecular complexity index is 513. The molecule has 0 aliphatic carbocycles. The van der Waals surface area contributed by atoms with Crippen molar-refractivity contribution in [1.82, 2.24) is 4.98 Å². The monoisotopic (exact) mass is 189 g/mol. The number of benzene rings is 1. The molecule has 0 N–H and O–H groups in total. The van der Waals surface area contributed by atoms with Gasteiger partial charge in [0.15, 0.2) is 11.4 Å². The van der Waals surface area contributed by atoms with Gasteiger partial charge in [-0.2, -0.15) is 0 Å². The smallest absolute Gasteiger partial charge is 0.260 e. The van der Waals surface area contributed by atoms with Crippen molar-refractivity contribution in [3.05, 3.63) is 29.7 Å². The second-order valence-electron chi connectivity index (χ2n) is 2.91. The lowest BCUT2D eigenvalue weighted by atomic mass is 10.1. The third-order valence-electron chi connectivity index (χ3n) is 1.91. The molecule has 4 heteroatoms. The summed E-state index contributed by atoms with van der Waals surface area (Å²) in [5.74, 6) is -0.0109. The summed E-state index contributed by atoms with van der Waals surface area (Å²) < 4.78 is 5.06. The number of carbonyl (C=O) groups is 2. The Balaban J connectivity index is 2.65. The molecule has 0 atom stereocenters. The van der Waals surface area contributed by atoms with Crippen LogP contribution < -0.4 is 0 Å². The van der Waals surface area contributed by atoms with Crippen molar-refractivity contribution in [3.63, 3.8) is 0 Å². The Morgan fingerprint density at radius 3 is 2.93 bits per heavy atom. The molecule has 0 fully saturated rings. The molecular weight excluding hydrogens is 182 g/mol. The zero-order chi connectivity index (χ0) is 10.1. The highest BCUT2D eigenvalue weighted by atomic mass is 16.4. The molecule has 0 saturated heterocycles. The molecule has 1 aromatic carbocycles. The van der Waals surface area contributed by atoms with Gasteiger partial charge in [0.2, 0.25) is 6.29 Å². The molecule has 0 bridgehead atoms. The Hall–Kier alpha value is -1.97. The van der Waals surface area contributed by atoms with Gasteiger partial charge in [-0.05, 0) is 25.1 Å². The maximum Gasteiger partial charge on any atom is 0.260 e. The molecule has 0 aliphatic rings. The third-order valence-corrected chi connectivity index (χ3v) is 1.91. The Morgan fingerprint density at radius 2 is 2.29 bits per heavy atom. The first kappa shape index (κ1) is 8.62. The summed E-state index contributed by atoms with van der Waals surface area (Å²) in [6.07, 6.45) is 0.535. The van der Waals surface area contributed by atoms with Crippen molar-refractivity contribution < 1.29 is 14.0 Å². The first-order valence-electron chi connectivity index (χ1n) is 4.07. The van der Waals surface area contributed by atoms with E-state index in [2.05, 4.69) is 4.98 Å². The number of hydrogen-bond donors (Lipinski definition) is 0. The molecule has 0 spiro atoms. The molecule has 1 aromatic heterocycles. The molecule has 0 radical (unpaired) electrons. The normalized spacial score (nSPS) is 10.4. The van der Waals surface area contributed by atoms with E-state index in [4.69, 9.17) is 4.42 Å². The fourth-order valence-corrected chi connectivity index (χ4v) is 1.21. The fraction of sp³-hybridized carbons (Fsp3) is 0.100. The van der Waals surface area contributed by atoms with Gasteiger partial charge >= 0.3 is 0 Å². The molecule has 0 saturated carbocycles. The van der Waals surface area contributed by atoms with Crippen molar-refractivity contribution in [2.45, 2.75) is 6.92 Å². The minimum atomic E-state index is -0.0393. The molecular formula is C10H7NO3. The third kappa shape index (κ3) is 1.31. The van der Waals surface area contributed by atoms with Crippen LogP contribution in [0.3, 0.4) is 0 Å². The summed E-state index contributed by atoms with van der Waals surface area (Å²) in [5.41, 5.74) is 1.60. The van der Waals surface area contributed by atoms with E-state index in [9.17, 15) is 9.59 Å². The number of aldehydes is 1. The minimum Gasteiger partial charge on any atom is -0.434 e. The summed E-state index contributed by atoms with van der Waals surface area (Å²) >= 11 is 0. The first-order valence-corrected chi connectivity index (χ1v) is 4.07. The van der Waals surface area contributed by atoms with E-state index < -0.39 is 0 Å². The number of aromatic nitrogens is 1. The highest BCUT2D eigenvalue weighted by Crippen LogP contribution is 2.16. The SMILES string of the molecule is CC(=O)c1ccc2oc(C=O)nc2c1. The largest absolute Gasteiger partial charge is 0.434 e.